The summed E-state index contributed by atoms with van der Waals surface area (Å²) >= 11 is 0. The first-order chi connectivity index (χ1) is 6.49. The Hall–Kier alpha value is -0.240. The molecule has 78 valence electrons. The average molecular weight is 195 g/mol. The summed E-state index contributed by atoms with van der Waals surface area (Å²) in [6.45, 7) is -1.70. The van der Waals surface area contributed by atoms with Crippen LogP contribution < -0.4 is 0 Å². The van der Waals surface area contributed by atoms with Gasteiger partial charge in [-0.3, -0.25) is 0 Å². The number of hydrogen-bond acceptors (Lipinski definition) is 6. The summed E-state index contributed by atoms with van der Waals surface area (Å²) in [4.78, 5) is 0. The van der Waals surface area contributed by atoms with Crippen molar-refractivity contribution in [3.05, 3.63) is 0 Å². The summed E-state index contributed by atoms with van der Waals surface area (Å²) in [6, 6.07) is 0. The lowest BCUT2D eigenvalue weighted by atomic mass is 9.99. The van der Waals surface area contributed by atoms with Gasteiger partial charge in [-0.25, -0.2) is 0 Å². The van der Waals surface area contributed by atoms with E-state index in [0.717, 1.165) is 0 Å². The molecule has 0 aromatic heterocycles. The van der Waals surface area contributed by atoms with E-state index in [4.69, 9.17) is 11.2 Å². The van der Waals surface area contributed by atoms with E-state index >= 15 is 0 Å². The molecule has 4 N–H and O–H groups in total. The Morgan fingerprint density at radius 3 is 2.38 bits per heavy atom. The van der Waals surface area contributed by atoms with E-state index in [1.807, 2.05) is 0 Å². The molecule has 6 heteroatoms. The Bertz CT molecular complexity index is 187. The largest absolute Gasteiger partial charge is 0.394 e. The minimum Gasteiger partial charge on any atom is -0.394 e. The quantitative estimate of drug-likeness (QED) is 0.386. The predicted molar refractivity (Wildman–Crippen MR) is 40.8 cm³/mol. The molecule has 1 saturated heterocycles. The van der Waals surface area contributed by atoms with Crippen molar-refractivity contribution >= 4 is 0 Å². The molecule has 6 nitrogen and oxygen atoms in total. The third kappa shape index (κ3) is 1.98. The van der Waals surface area contributed by atoms with Crippen LogP contribution in [-0.2, 0) is 9.47 Å². The first-order valence-corrected chi connectivity index (χ1v) is 3.81. The second kappa shape index (κ2) is 4.32. The van der Waals surface area contributed by atoms with Crippen LogP contribution in [0.2, 0.25) is 0 Å². The zero-order chi connectivity index (χ0) is 10.9. The zero-order valence-corrected chi connectivity index (χ0v) is 7.07. The normalized spacial score (nSPS) is 49.9. The molecule has 0 spiro atoms. The van der Waals surface area contributed by atoms with E-state index in [0.29, 0.717) is 0 Å². The average Bonchev–Trinajstić information content (AvgIpc) is 2.14. The van der Waals surface area contributed by atoms with Gasteiger partial charge in [-0.15, -0.1) is 0 Å². The molecule has 0 radical (unpaired) electrons. The highest BCUT2D eigenvalue weighted by molar-refractivity contribution is 4.88. The van der Waals surface area contributed by atoms with E-state index in [2.05, 4.69) is 4.74 Å². The van der Waals surface area contributed by atoms with E-state index in [1.165, 1.54) is 7.11 Å². The van der Waals surface area contributed by atoms with E-state index in [9.17, 15) is 15.3 Å². The molecule has 0 amide bonds. The van der Waals surface area contributed by atoms with Crippen LogP contribution in [0.3, 0.4) is 0 Å². The van der Waals surface area contributed by atoms with Gasteiger partial charge in [0.2, 0.25) is 0 Å². The van der Waals surface area contributed by atoms with Crippen molar-refractivity contribution in [2.75, 3.05) is 13.7 Å². The van der Waals surface area contributed by atoms with Gasteiger partial charge in [-0.05, 0) is 0 Å². The fraction of sp³-hybridized carbons (Fsp3) is 1.00. The molecular formula is C7H14O6. The van der Waals surface area contributed by atoms with E-state index < -0.39 is 37.3 Å². The van der Waals surface area contributed by atoms with Crippen molar-refractivity contribution < 1.29 is 31.3 Å². The van der Waals surface area contributed by atoms with Crippen molar-refractivity contribution in [2.24, 2.45) is 0 Å². The maximum atomic E-state index is 9.32. The van der Waals surface area contributed by atoms with Crippen LogP contribution in [0.1, 0.15) is 1.37 Å². The molecule has 0 aromatic carbocycles. The lowest BCUT2D eigenvalue weighted by Gasteiger charge is -2.38. The SMILES string of the molecule is [2H][C@H](O)[C@H]1O[C@@H](OC)[C@H](O)[C@@H](O)[C@H]1O. The highest BCUT2D eigenvalue weighted by Gasteiger charge is 2.43. The van der Waals surface area contributed by atoms with Crippen molar-refractivity contribution in [1.29, 1.82) is 0 Å². The van der Waals surface area contributed by atoms with Crippen LogP contribution in [-0.4, -0.2) is 64.8 Å². The van der Waals surface area contributed by atoms with Crippen LogP contribution in [0, 0.1) is 0 Å². The maximum Gasteiger partial charge on any atom is 0.186 e. The van der Waals surface area contributed by atoms with Gasteiger partial charge in [-0.2, -0.15) is 0 Å². The summed E-state index contributed by atoms with van der Waals surface area (Å²) in [5.74, 6) is 0. The van der Waals surface area contributed by atoms with Crippen LogP contribution in [0.5, 0.6) is 0 Å². The van der Waals surface area contributed by atoms with Gasteiger partial charge in [0, 0.05) is 7.11 Å². The molecule has 0 saturated carbocycles. The minimum absolute atomic E-state index is 1.15. The lowest BCUT2D eigenvalue weighted by molar-refractivity contribution is -0.294. The Kier molecular flexibility index (Phi) is 3.09. The molecule has 1 fully saturated rings. The van der Waals surface area contributed by atoms with Gasteiger partial charge >= 0.3 is 0 Å². The fourth-order valence-corrected chi connectivity index (χ4v) is 1.19. The number of aliphatic hydroxyl groups excluding tert-OH is 4. The second-order valence-corrected chi connectivity index (χ2v) is 2.83. The number of hydrogen-bond donors (Lipinski definition) is 4. The first-order valence-electron chi connectivity index (χ1n) is 4.39. The van der Waals surface area contributed by atoms with Gasteiger partial charge in [0.15, 0.2) is 6.29 Å². The molecule has 0 aliphatic carbocycles. The van der Waals surface area contributed by atoms with Crippen molar-refractivity contribution in [3.63, 3.8) is 0 Å². The minimum atomic E-state index is -1.70. The van der Waals surface area contributed by atoms with Crippen LogP contribution in [0.4, 0.5) is 0 Å². The summed E-state index contributed by atoms with van der Waals surface area (Å²) in [6.07, 6.45) is -6.86. The number of aliphatic hydroxyl groups is 4. The van der Waals surface area contributed by atoms with Crippen LogP contribution in [0.15, 0.2) is 0 Å². The molecule has 0 unspecified atom stereocenters. The Balaban J connectivity index is 2.73. The molecule has 1 rings (SSSR count). The second-order valence-electron chi connectivity index (χ2n) is 2.83. The zero-order valence-electron chi connectivity index (χ0n) is 8.07. The molecule has 0 aromatic rings. The van der Waals surface area contributed by atoms with Crippen LogP contribution >= 0.6 is 0 Å². The summed E-state index contributed by atoms with van der Waals surface area (Å²) in [7, 11) is 1.24. The maximum absolute atomic E-state index is 9.32. The van der Waals surface area contributed by atoms with Gasteiger partial charge < -0.3 is 29.9 Å². The molecule has 6 atom stereocenters. The molecule has 1 aliphatic rings. The highest BCUT2D eigenvalue weighted by atomic mass is 16.7. The third-order valence-electron chi connectivity index (χ3n) is 1.99. The smallest absolute Gasteiger partial charge is 0.186 e. The Labute approximate surface area is 76.7 Å². The molecule has 13 heavy (non-hydrogen) atoms. The molecule has 1 heterocycles. The third-order valence-corrected chi connectivity index (χ3v) is 1.99. The van der Waals surface area contributed by atoms with E-state index in [-0.39, 0.29) is 0 Å². The Morgan fingerprint density at radius 2 is 1.92 bits per heavy atom. The van der Waals surface area contributed by atoms with Crippen molar-refractivity contribution in [1.82, 2.24) is 0 Å². The molecular weight excluding hydrogens is 180 g/mol. The fourth-order valence-electron chi connectivity index (χ4n) is 1.19. The van der Waals surface area contributed by atoms with Crippen molar-refractivity contribution in [3.8, 4) is 0 Å². The topological polar surface area (TPSA) is 99.4 Å². The summed E-state index contributed by atoms with van der Waals surface area (Å²) in [5.41, 5.74) is 0. The number of methoxy groups -OCH3 is 1. The van der Waals surface area contributed by atoms with Crippen molar-refractivity contribution in [2.45, 2.75) is 30.7 Å². The summed E-state index contributed by atoms with van der Waals surface area (Å²) < 4.78 is 16.5. The lowest BCUT2D eigenvalue weighted by Crippen LogP contribution is -2.58. The number of rotatable bonds is 2. The standard InChI is InChI=1S/C7H14O6/c1-12-7-6(11)5(10)4(9)3(2-8)13-7/h3-11H,2H2,1H3/t3-,4+,5+,6-,7-/m1/s1/i2D/t2-,3+,4-,5-,6+,7+/m0. The van der Waals surface area contributed by atoms with Gasteiger partial charge in [0.1, 0.15) is 24.4 Å². The van der Waals surface area contributed by atoms with Crippen LogP contribution in [0.25, 0.3) is 0 Å². The number of ether oxygens (including phenoxy) is 2. The molecule has 1 aliphatic heterocycles. The highest BCUT2D eigenvalue weighted by Crippen LogP contribution is 2.20. The summed E-state index contributed by atoms with van der Waals surface area (Å²) in [5, 5.41) is 36.8. The molecule has 0 bridgehead atoms. The van der Waals surface area contributed by atoms with Gasteiger partial charge in [-0.1, -0.05) is 0 Å². The van der Waals surface area contributed by atoms with E-state index in [1.54, 1.807) is 0 Å². The van der Waals surface area contributed by atoms with Gasteiger partial charge in [0.25, 0.3) is 0 Å². The Morgan fingerprint density at radius 1 is 1.31 bits per heavy atom. The first kappa shape index (κ1) is 9.32. The van der Waals surface area contributed by atoms with Gasteiger partial charge in [0.05, 0.1) is 7.95 Å². The predicted octanol–water partition coefficient (Wildman–Crippen LogP) is -2.57. The monoisotopic (exact) mass is 195 g/mol.